The lowest BCUT2D eigenvalue weighted by Gasteiger charge is -2.18. The summed E-state index contributed by atoms with van der Waals surface area (Å²) in [6, 6.07) is 3.22. The minimum atomic E-state index is -4.44. The number of carbonyl (C=O) groups is 1. The van der Waals surface area contributed by atoms with Gasteiger partial charge in [-0.2, -0.15) is 13.2 Å². The van der Waals surface area contributed by atoms with Gasteiger partial charge in [0, 0.05) is 9.50 Å². The second-order valence-electron chi connectivity index (χ2n) is 3.50. The highest BCUT2D eigenvalue weighted by Gasteiger charge is 2.30. The molecule has 0 fully saturated rings. The molecule has 0 radical (unpaired) electrons. The SMILES string of the molecule is NC(=O)C(NCC(F)(F)F)c1cc(Br)ccc1Cl. The average Bonchev–Trinajstić information content (AvgIpc) is 2.21. The molecule has 0 aliphatic rings. The molecular weight excluding hydrogens is 336 g/mol. The molecule has 3 nitrogen and oxygen atoms in total. The van der Waals surface area contributed by atoms with E-state index in [4.69, 9.17) is 17.3 Å². The Morgan fingerprint density at radius 2 is 2.11 bits per heavy atom. The lowest BCUT2D eigenvalue weighted by molar-refractivity contribution is -0.130. The number of primary amides is 1. The quantitative estimate of drug-likeness (QED) is 0.882. The summed E-state index contributed by atoms with van der Waals surface area (Å²) >= 11 is 8.98. The maximum atomic E-state index is 12.1. The van der Waals surface area contributed by atoms with Crippen LogP contribution in [0.5, 0.6) is 0 Å². The Labute approximate surface area is 115 Å². The Morgan fingerprint density at radius 3 is 2.61 bits per heavy atom. The first kappa shape index (κ1) is 15.3. The van der Waals surface area contributed by atoms with Crippen LogP contribution in [0.1, 0.15) is 11.6 Å². The Bertz CT molecular complexity index is 453. The standard InChI is InChI=1S/C10H9BrClF3N2O/c11-5-1-2-7(12)6(3-5)8(9(16)18)17-4-10(13,14)15/h1-3,8,17H,4H2,(H2,16,18). The molecule has 0 bridgehead atoms. The summed E-state index contributed by atoms with van der Waals surface area (Å²) < 4.78 is 36.9. The number of benzene rings is 1. The van der Waals surface area contributed by atoms with Crippen LogP contribution >= 0.6 is 27.5 Å². The molecule has 0 heterocycles. The molecule has 1 amide bonds. The maximum absolute atomic E-state index is 12.1. The van der Waals surface area contributed by atoms with E-state index in [2.05, 4.69) is 15.9 Å². The third-order valence-corrected chi connectivity index (χ3v) is 2.90. The largest absolute Gasteiger partial charge is 0.401 e. The first-order valence-electron chi connectivity index (χ1n) is 4.75. The zero-order valence-corrected chi connectivity index (χ0v) is 11.2. The van der Waals surface area contributed by atoms with Gasteiger partial charge in [0.15, 0.2) is 0 Å². The molecule has 0 spiro atoms. The van der Waals surface area contributed by atoms with E-state index in [0.717, 1.165) is 0 Å². The van der Waals surface area contributed by atoms with Crippen molar-refractivity contribution < 1.29 is 18.0 Å². The van der Waals surface area contributed by atoms with E-state index in [1.807, 2.05) is 5.32 Å². The van der Waals surface area contributed by atoms with Crippen molar-refractivity contribution in [2.75, 3.05) is 6.54 Å². The van der Waals surface area contributed by atoms with Gasteiger partial charge in [-0.1, -0.05) is 27.5 Å². The highest BCUT2D eigenvalue weighted by atomic mass is 79.9. The summed E-state index contributed by atoms with van der Waals surface area (Å²) in [7, 11) is 0. The molecule has 1 aromatic rings. The molecule has 0 aliphatic heterocycles. The third-order valence-electron chi connectivity index (χ3n) is 2.06. The molecule has 1 unspecified atom stereocenters. The van der Waals surface area contributed by atoms with Crippen LogP contribution in [0.4, 0.5) is 13.2 Å². The third kappa shape index (κ3) is 4.47. The van der Waals surface area contributed by atoms with Crippen LogP contribution < -0.4 is 11.1 Å². The maximum Gasteiger partial charge on any atom is 0.401 e. The van der Waals surface area contributed by atoms with E-state index in [1.165, 1.54) is 12.1 Å². The van der Waals surface area contributed by atoms with Gasteiger partial charge in [0.25, 0.3) is 0 Å². The summed E-state index contributed by atoms with van der Waals surface area (Å²) in [5.41, 5.74) is 5.27. The Hall–Kier alpha value is -0.790. The molecule has 1 aromatic carbocycles. The van der Waals surface area contributed by atoms with E-state index in [1.54, 1.807) is 6.07 Å². The number of carbonyl (C=O) groups excluding carboxylic acids is 1. The van der Waals surface area contributed by atoms with Crippen molar-refractivity contribution in [3.8, 4) is 0 Å². The molecular formula is C10H9BrClF3N2O. The number of hydrogen-bond donors (Lipinski definition) is 2. The lowest BCUT2D eigenvalue weighted by Crippen LogP contribution is -2.39. The van der Waals surface area contributed by atoms with Gasteiger partial charge in [-0.25, -0.2) is 0 Å². The highest BCUT2D eigenvalue weighted by molar-refractivity contribution is 9.10. The number of alkyl halides is 3. The van der Waals surface area contributed by atoms with Crippen LogP contribution in [-0.2, 0) is 4.79 Å². The molecule has 3 N–H and O–H groups in total. The number of amides is 1. The zero-order chi connectivity index (χ0) is 13.9. The monoisotopic (exact) mass is 344 g/mol. The molecule has 0 aromatic heterocycles. The molecule has 8 heteroatoms. The van der Waals surface area contributed by atoms with Crippen LogP contribution in [0.3, 0.4) is 0 Å². The van der Waals surface area contributed by atoms with E-state index in [0.29, 0.717) is 4.47 Å². The van der Waals surface area contributed by atoms with Gasteiger partial charge in [0.05, 0.1) is 6.54 Å². The number of nitrogens with two attached hydrogens (primary N) is 1. The van der Waals surface area contributed by atoms with Gasteiger partial charge in [0.1, 0.15) is 6.04 Å². The molecule has 1 rings (SSSR count). The van der Waals surface area contributed by atoms with Crippen LogP contribution in [0.25, 0.3) is 0 Å². The Morgan fingerprint density at radius 1 is 1.50 bits per heavy atom. The van der Waals surface area contributed by atoms with E-state index in [9.17, 15) is 18.0 Å². The smallest absolute Gasteiger partial charge is 0.368 e. The van der Waals surface area contributed by atoms with Crippen LogP contribution in [0.2, 0.25) is 5.02 Å². The topological polar surface area (TPSA) is 55.1 Å². The fraction of sp³-hybridized carbons (Fsp3) is 0.300. The number of halogens is 5. The van der Waals surface area contributed by atoms with Crippen LogP contribution in [-0.4, -0.2) is 18.6 Å². The predicted molar refractivity (Wildman–Crippen MR) is 65.1 cm³/mol. The molecule has 0 aliphatic carbocycles. The van der Waals surface area contributed by atoms with Gasteiger partial charge in [-0.05, 0) is 23.8 Å². The fourth-order valence-electron chi connectivity index (χ4n) is 1.32. The number of nitrogens with one attached hydrogen (secondary N) is 1. The van der Waals surface area contributed by atoms with Gasteiger partial charge < -0.3 is 5.73 Å². The second-order valence-corrected chi connectivity index (χ2v) is 4.82. The first-order chi connectivity index (χ1) is 8.20. The summed E-state index contributed by atoms with van der Waals surface area (Å²) in [4.78, 5) is 11.2. The minimum absolute atomic E-state index is 0.164. The van der Waals surface area contributed by atoms with Crippen molar-refractivity contribution in [1.82, 2.24) is 5.32 Å². The van der Waals surface area contributed by atoms with E-state index in [-0.39, 0.29) is 10.6 Å². The molecule has 0 saturated carbocycles. The first-order valence-corrected chi connectivity index (χ1v) is 5.92. The predicted octanol–water partition coefficient (Wildman–Crippen LogP) is 2.78. The van der Waals surface area contributed by atoms with Crippen molar-refractivity contribution >= 4 is 33.4 Å². The molecule has 18 heavy (non-hydrogen) atoms. The number of rotatable bonds is 4. The molecule has 1 atom stereocenters. The summed E-state index contributed by atoms with van der Waals surface area (Å²) in [6.45, 7) is -1.33. The minimum Gasteiger partial charge on any atom is -0.368 e. The Kier molecular flexibility index (Phi) is 5.01. The average molecular weight is 346 g/mol. The second kappa shape index (κ2) is 5.90. The lowest BCUT2D eigenvalue weighted by atomic mass is 10.1. The summed E-state index contributed by atoms with van der Waals surface area (Å²) in [6.07, 6.45) is -4.44. The summed E-state index contributed by atoms with van der Waals surface area (Å²) in [5, 5.41) is 2.20. The van der Waals surface area contributed by atoms with Gasteiger partial charge in [-0.3, -0.25) is 10.1 Å². The van der Waals surface area contributed by atoms with Crippen molar-refractivity contribution in [3.63, 3.8) is 0 Å². The van der Waals surface area contributed by atoms with Gasteiger partial charge in [0.2, 0.25) is 5.91 Å². The van der Waals surface area contributed by atoms with Crippen LogP contribution in [0.15, 0.2) is 22.7 Å². The Balaban J connectivity index is 2.98. The van der Waals surface area contributed by atoms with Crippen molar-refractivity contribution in [2.24, 2.45) is 5.73 Å². The van der Waals surface area contributed by atoms with Gasteiger partial charge >= 0.3 is 6.18 Å². The van der Waals surface area contributed by atoms with Crippen molar-refractivity contribution in [3.05, 3.63) is 33.3 Å². The van der Waals surface area contributed by atoms with Gasteiger partial charge in [-0.15, -0.1) is 0 Å². The fourth-order valence-corrected chi connectivity index (χ4v) is 1.92. The van der Waals surface area contributed by atoms with Crippen LogP contribution in [0, 0.1) is 0 Å². The molecule has 100 valence electrons. The highest BCUT2D eigenvalue weighted by Crippen LogP contribution is 2.27. The van der Waals surface area contributed by atoms with E-state index < -0.39 is 24.7 Å². The van der Waals surface area contributed by atoms with Crippen molar-refractivity contribution in [1.29, 1.82) is 0 Å². The number of hydrogen-bond acceptors (Lipinski definition) is 2. The molecule has 0 saturated heterocycles. The normalized spacial score (nSPS) is 13.4. The zero-order valence-electron chi connectivity index (χ0n) is 8.89. The van der Waals surface area contributed by atoms with Crippen molar-refractivity contribution in [2.45, 2.75) is 12.2 Å². The summed E-state index contributed by atoms with van der Waals surface area (Å²) in [5.74, 6) is -0.931. The van der Waals surface area contributed by atoms with E-state index >= 15 is 0 Å².